The molecule has 0 aromatic heterocycles. The first-order chi connectivity index (χ1) is 14.0. The summed E-state index contributed by atoms with van der Waals surface area (Å²) in [5.74, 6) is -0.137. The highest BCUT2D eigenvalue weighted by molar-refractivity contribution is 7.89. The molecule has 7 nitrogen and oxygen atoms in total. The minimum absolute atomic E-state index is 0.125. The number of amides is 1. The Hall–Kier alpha value is -1.48. The van der Waals surface area contributed by atoms with Crippen LogP contribution < -0.4 is 0 Å². The van der Waals surface area contributed by atoms with Crippen LogP contribution in [0.5, 0.6) is 0 Å². The molecular formula is C21H30N2O5S. The van der Waals surface area contributed by atoms with E-state index in [0.717, 1.165) is 44.1 Å². The topological polar surface area (TPSA) is 76.2 Å². The summed E-state index contributed by atoms with van der Waals surface area (Å²) < 4.78 is 39.1. The molecule has 1 aromatic carbocycles. The Morgan fingerprint density at radius 1 is 1.00 bits per heavy atom. The highest BCUT2D eigenvalue weighted by Gasteiger charge is 2.37. The van der Waals surface area contributed by atoms with Crippen molar-refractivity contribution in [3.63, 3.8) is 0 Å². The molecule has 3 heterocycles. The molecule has 8 heteroatoms. The number of hydrogen-bond acceptors (Lipinski definition) is 5. The molecule has 1 aromatic rings. The number of aryl methyl sites for hydroxylation is 1. The lowest BCUT2D eigenvalue weighted by Gasteiger charge is -2.38. The Balaban J connectivity index is 1.61. The summed E-state index contributed by atoms with van der Waals surface area (Å²) >= 11 is 0. The van der Waals surface area contributed by atoms with E-state index in [-0.39, 0.29) is 23.1 Å². The fourth-order valence-electron chi connectivity index (χ4n) is 4.49. The Bertz CT molecular complexity index is 845. The zero-order valence-corrected chi connectivity index (χ0v) is 17.8. The van der Waals surface area contributed by atoms with E-state index in [2.05, 4.69) is 0 Å². The molecule has 3 fully saturated rings. The number of piperidine rings is 2. The Labute approximate surface area is 173 Å². The number of nitrogens with zero attached hydrogens (tertiary/aromatic N) is 2. The Morgan fingerprint density at radius 3 is 2.41 bits per heavy atom. The van der Waals surface area contributed by atoms with Crippen LogP contribution in [0.2, 0.25) is 0 Å². The average Bonchev–Trinajstić information content (AvgIpc) is 3.29. The summed E-state index contributed by atoms with van der Waals surface area (Å²) in [6, 6.07) is 4.79. The van der Waals surface area contributed by atoms with Crippen LogP contribution in [-0.4, -0.2) is 68.7 Å². The van der Waals surface area contributed by atoms with Crippen molar-refractivity contribution in [3.8, 4) is 0 Å². The van der Waals surface area contributed by atoms with Gasteiger partial charge in [0, 0.05) is 25.2 Å². The number of likely N-dealkylation sites (tertiary alicyclic amines) is 1. The molecule has 4 rings (SSSR count). The average molecular weight is 423 g/mol. The second kappa shape index (κ2) is 8.71. The molecule has 0 spiro atoms. The monoisotopic (exact) mass is 422 g/mol. The molecular weight excluding hydrogens is 392 g/mol. The molecule has 3 aliphatic heterocycles. The maximum atomic E-state index is 13.4. The molecule has 1 atom stereocenters. The van der Waals surface area contributed by atoms with Crippen molar-refractivity contribution >= 4 is 15.9 Å². The molecule has 0 radical (unpaired) electrons. The fraction of sp³-hybridized carbons (Fsp3) is 0.667. The second-order valence-electron chi connectivity index (χ2n) is 8.11. The molecule has 29 heavy (non-hydrogen) atoms. The van der Waals surface area contributed by atoms with Crippen molar-refractivity contribution in [1.29, 1.82) is 0 Å². The third-order valence-corrected chi connectivity index (χ3v) is 8.06. The Morgan fingerprint density at radius 2 is 1.69 bits per heavy atom. The number of carbonyl (C=O) groups is 1. The third-order valence-electron chi connectivity index (χ3n) is 6.16. The smallest absolute Gasteiger partial charge is 0.254 e. The first kappa shape index (κ1) is 20.8. The van der Waals surface area contributed by atoms with Crippen molar-refractivity contribution in [1.82, 2.24) is 9.21 Å². The molecule has 160 valence electrons. The first-order valence-corrected chi connectivity index (χ1v) is 12.1. The van der Waals surface area contributed by atoms with Gasteiger partial charge in [0.15, 0.2) is 6.29 Å². The van der Waals surface area contributed by atoms with Gasteiger partial charge in [0.05, 0.1) is 24.2 Å². The predicted molar refractivity (Wildman–Crippen MR) is 108 cm³/mol. The van der Waals surface area contributed by atoms with Gasteiger partial charge in [0.2, 0.25) is 10.0 Å². The van der Waals surface area contributed by atoms with Gasteiger partial charge in [-0.3, -0.25) is 4.79 Å². The zero-order chi connectivity index (χ0) is 20.4. The summed E-state index contributed by atoms with van der Waals surface area (Å²) in [5.41, 5.74) is 1.23. The second-order valence-corrected chi connectivity index (χ2v) is 10.1. The van der Waals surface area contributed by atoms with Gasteiger partial charge in [-0.25, -0.2) is 8.42 Å². The van der Waals surface area contributed by atoms with Gasteiger partial charge < -0.3 is 14.4 Å². The highest BCUT2D eigenvalue weighted by Crippen LogP contribution is 2.28. The largest absolute Gasteiger partial charge is 0.348 e. The standard InChI is InChI=1S/C21H30N2O5S/c1-16-8-9-17(29(25,26)22-10-4-2-5-11-22)15-18(16)20(24)23-12-6-3-7-19(23)21-27-13-14-28-21/h8-9,15,19,21H,2-7,10-14H2,1H3. The van der Waals surface area contributed by atoms with Crippen molar-refractivity contribution in [3.05, 3.63) is 29.3 Å². The van der Waals surface area contributed by atoms with E-state index in [1.807, 2.05) is 11.8 Å². The van der Waals surface area contributed by atoms with E-state index in [1.165, 1.54) is 0 Å². The van der Waals surface area contributed by atoms with Crippen molar-refractivity contribution < 1.29 is 22.7 Å². The van der Waals surface area contributed by atoms with Crippen LogP contribution in [0.15, 0.2) is 23.1 Å². The van der Waals surface area contributed by atoms with E-state index >= 15 is 0 Å². The minimum atomic E-state index is -3.58. The lowest BCUT2D eigenvalue weighted by Crippen LogP contribution is -2.50. The minimum Gasteiger partial charge on any atom is -0.348 e. The zero-order valence-electron chi connectivity index (χ0n) is 17.0. The van der Waals surface area contributed by atoms with Crippen LogP contribution in [0, 0.1) is 6.92 Å². The van der Waals surface area contributed by atoms with Gasteiger partial charge in [0.1, 0.15) is 0 Å². The lowest BCUT2D eigenvalue weighted by molar-refractivity contribution is -0.100. The maximum Gasteiger partial charge on any atom is 0.254 e. The maximum absolute atomic E-state index is 13.4. The van der Waals surface area contributed by atoms with Gasteiger partial charge in [-0.05, 0) is 56.7 Å². The normalized spacial score (nSPS) is 24.7. The van der Waals surface area contributed by atoms with E-state index in [0.29, 0.717) is 38.4 Å². The summed E-state index contributed by atoms with van der Waals surface area (Å²) in [6.07, 6.45) is 5.23. The number of hydrogen-bond donors (Lipinski definition) is 0. The van der Waals surface area contributed by atoms with Crippen LogP contribution in [0.25, 0.3) is 0 Å². The van der Waals surface area contributed by atoms with Crippen LogP contribution in [0.4, 0.5) is 0 Å². The van der Waals surface area contributed by atoms with E-state index in [4.69, 9.17) is 9.47 Å². The van der Waals surface area contributed by atoms with Gasteiger partial charge >= 0.3 is 0 Å². The number of ether oxygens (including phenoxy) is 2. The van der Waals surface area contributed by atoms with Crippen LogP contribution in [0.3, 0.4) is 0 Å². The van der Waals surface area contributed by atoms with E-state index in [9.17, 15) is 13.2 Å². The summed E-state index contributed by atoms with van der Waals surface area (Å²) in [6.45, 7) is 4.67. The van der Waals surface area contributed by atoms with Gasteiger partial charge in [-0.2, -0.15) is 4.31 Å². The van der Waals surface area contributed by atoms with Gasteiger partial charge in [-0.15, -0.1) is 0 Å². The molecule has 1 amide bonds. The SMILES string of the molecule is Cc1ccc(S(=O)(=O)N2CCCCC2)cc1C(=O)N1CCCCC1C1OCCO1. The number of sulfonamides is 1. The molecule has 0 N–H and O–H groups in total. The van der Waals surface area contributed by atoms with Crippen LogP contribution in [0.1, 0.15) is 54.4 Å². The quantitative estimate of drug-likeness (QED) is 0.745. The van der Waals surface area contributed by atoms with Crippen molar-refractivity contribution in [2.45, 2.75) is 62.7 Å². The lowest BCUT2D eigenvalue weighted by atomic mass is 9.99. The summed E-state index contributed by atoms with van der Waals surface area (Å²) in [4.78, 5) is 15.5. The summed E-state index contributed by atoms with van der Waals surface area (Å²) in [5, 5.41) is 0. The summed E-state index contributed by atoms with van der Waals surface area (Å²) in [7, 11) is -3.58. The highest BCUT2D eigenvalue weighted by atomic mass is 32.2. The van der Waals surface area contributed by atoms with Crippen molar-refractivity contribution in [2.75, 3.05) is 32.8 Å². The van der Waals surface area contributed by atoms with Crippen molar-refractivity contribution in [2.24, 2.45) is 0 Å². The van der Waals surface area contributed by atoms with E-state index in [1.54, 1.807) is 22.5 Å². The third kappa shape index (κ3) is 4.21. The van der Waals surface area contributed by atoms with Gasteiger partial charge in [0.25, 0.3) is 5.91 Å². The van der Waals surface area contributed by atoms with E-state index < -0.39 is 10.0 Å². The first-order valence-electron chi connectivity index (χ1n) is 10.6. The number of carbonyl (C=O) groups excluding carboxylic acids is 1. The molecule has 1 unspecified atom stereocenters. The van der Waals surface area contributed by atoms with Gasteiger partial charge in [-0.1, -0.05) is 12.5 Å². The number of benzene rings is 1. The fourth-order valence-corrected chi connectivity index (χ4v) is 6.04. The number of rotatable bonds is 4. The Kier molecular flexibility index (Phi) is 6.24. The molecule has 0 bridgehead atoms. The molecule has 0 aliphatic carbocycles. The predicted octanol–water partition coefficient (Wildman–Crippen LogP) is 2.54. The van der Waals surface area contributed by atoms with Crippen LogP contribution >= 0.6 is 0 Å². The molecule has 3 aliphatic rings. The molecule has 3 saturated heterocycles. The van der Waals surface area contributed by atoms with Crippen LogP contribution in [-0.2, 0) is 19.5 Å². The molecule has 0 saturated carbocycles.